The molecule has 0 amide bonds. The number of benzene rings is 1. The lowest BCUT2D eigenvalue weighted by atomic mass is 10.2. The van der Waals surface area contributed by atoms with E-state index in [0.29, 0.717) is 15.8 Å². The molecular weight excluding hydrogens is 307 g/mol. The summed E-state index contributed by atoms with van der Waals surface area (Å²) in [7, 11) is -1.05. The highest BCUT2D eigenvalue weighted by molar-refractivity contribution is 7.87. The lowest BCUT2D eigenvalue weighted by Gasteiger charge is -2.00. The van der Waals surface area contributed by atoms with Crippen molar-refractivity contribution in [3.63, 3.8) is 0 Å². The molecule has 94 valence electrons. The zero-order valence-corrected chi connectivity index (χ0v) is 12.5. The van der Waals surface area contributed by atoms with Crippen LogP contribution in [0.15, 0.2) is 40.4 Å². The highest BCUT2D eigenvalue weighted by Gasteiger charge is 2.02. The number of rotatable bonds is 4. The van der Waals surface area contributed by atoms with E-state index in [2.05, 4.69) is 0 Å². The molecule has 0 bridgehead atoms. The maximum absolute atomic E-state index is 11.9. The molecule has 0 saturated heterocycles. The molecule has 1 atom stereocenters. The summed E-state index contributed by atoms with van der Waals surface area (Å²) in [6.45, 7) is 0. The van der Waals surface area contributed by atoms with Gasteiger partial charge in [0.2, 0.25) is 0 Å². The number of hydrogen-bond acceptors (Lipinski definition) is 2. The van der Waals surface area contributed by atoms with Gasteiger partial charge in [-0.25, -0.2) is 0 Å². The Balaban J connectivity index is 2.01. The van der Waals surface area contributed by atoms with Crippen LogP contribution in [0.1, 0.15) is 11.1 Å². The van der Waals surface area contributed by atoms with Gasteiger partial charge in [0, 0.05) is 5.41 Å². The second kappa shape index (κ2) is 6.53. The van der Waals surface area contributed by atoms with Crippen LogP contribution in [0.3, 0.4) is 0 Å². The molecule has 1 nitrogen and oxygen atoms in total. The van der Waals surface area contributed by atoms with Crippen molar-refractivity contribution < 1.29 is 4.21 Å². The summed E-state index contributed by atoms with van der Waals surface area (Å²) in [4.78, 5) is 0. The Morgan fingerprint density at radius 3 is 2.72 bits per heavy atom. The smallest absolute Gasteiger partial charge is 0.0595 e. The predicted molar refractivity (Wildman–Crippen MR) is 81.7 cm³/mol. The quantitative estimate of drug-likeness (QED) is 0.778. The molecule has 5 heteroatoms. The summed E-state index contributed by atoms with van der Waals surface area (Å²) in [5.74, 6) is 0.442. The molecule has 0 fully saturated rings. The topological polar surface area (TPSA) is 17.1 Å². The Bertz CT molecular complexity index is 577. The van der Waals surface area contributed by atoms with Crippen molar-refractivity contribution in [3.8, 4) is 0 Å². The normalized spacial score (nSPS) is 13.0. The fraction of sp³-hybridized carbons (Fsp3) is 0.0769. The van der Waals surface area contributed by atoms with Crippen LogP contribution < -0.4 is 0 Å². The molecule has 0 aliphatic heterocycles. The second-order valence-electron chi connectivity index (χ2n) is 3.63. The van der Waals surface area contributed by atoms with Gasteiger partial charge in [0.05, 0.1) is 26.6 Å². The van der Waals surface area contributed by atoms with Crippen LogP contribution >= 0.6 is 34.5 Å². The van der Waals surface area contributed by atoms with Gasteiger partial charge in [0.1, 0.15) is 0 Å². The minimum Gasteiger partial charge on any atom is -0.255 e. The zero-order chi connectivity index (χ0) is 13.0. The summed E-state index contributed by atoms with van der Waals surface area (Å²) in [5.41, 5.74) is 1.99. The zero-order valence-electron chi connectivity index (χ0n) is 9.31. The fourth-order valence-electron chi connectivity index (χ4n) is 1.37. The van der Waals surface area contributed by atoms with Crippen LogP contribution in [-0.4, -0.2) is 4.21 Å². The van der Waals surface area contributed by atoms with Gasteiger partial charge in [0.25, 0.3) is 0 Å². The summed E-state index contributed by atoms with van der Waals surface area (Å²) in [6, 6.07) is 7.29. The lowest BCUT2D eigenvalue weighted by molar-refractivity contribution is 0.688. The van der Waals surface area contributed by atoms with Crippen molar-refractivity contribution in [3.05, 3.63) is 61.6 Å². The highest BCUT2D eigenvalue weighted by atomic mass is 35.5. The average molecular weight is 317 g/mol. The molecule has 0 spiro atoms. The van der Waals surface area contributed by atoms with Crippen LogP contribution in [0.25, 0.3) is 6.08 Å². The molecule has 0 aliphatic rings. The van der Waals surface area contributed by atoms with Gasteiger partial charge in [0.15, 0.2) is 0 Å². The first-order valence-corrected chi connectivity index (χ1v) is 8.25. The first-order chi connectivity index (χ1) is 8.65. The number of halogens is 2. The van der Waals surface area contributed by atoms with E-state index in [0.717, 1.165) is 11.1 Å². The summed E-state index contributed by atoms with van der Waals surface area (Å²) in [5, 5.41) is 6.70. The standard InChI is InChI=1S/C13H10Cl2OS2/c14-12-2-1-11(7-13(12)15)9-18(16)6-4-10-3-5-17-8-10/h1-8H,9H2. The minimum absolute atomic E-state index is 0.442. The van der Waals surface area contributed by atoms with Gasteiger partial charge in [-0.05, 0) is 46.2 Å². The molecule has 0 saturated carbocycles. The molecule has 0 aliphatic carbocycles. The van der Waals surface area contributed by atoms with E-state index >= 15 is 0 Å². The largest absolute Gasteiger partial charge is 0.255 e. The lowest BCUT2D eigenvalue weighted by Crippen LogP contribution is -1.91. The minimum atomic E-state index is -1.05. The number of thiophene rings is 1. The van der Waals surface area contributed by atoms with Crippen LogP contribution in [0.2, 0.25) is 10.0 Å². The Morgan fingerprint density at radius 2 is 2.06 bits per heavy atom. The first-order valence-electron chi connectivity index (χ1n) is 5.16. The molecule has 1 heterocycles. The molecular formula is C13H10Cl2OS2. The molecule has 2 rings (SSSR count). The Labute approximate surface area is 123 Å². The summed E-state index contributed by atoms with van der Waals surface area (Å²) >= 11 is 13.3. The molecule has 0 N–H and O–H groups in total. The van der Waals surface area contributed by atoms with E-state index in [1.165, 1.54) is 0 Å². The van der Waals surface area contributed by atoms with Gasteiger partial charge < -0.3 is 0 Å². The predicted octanol–water partition coefficient (Wildman–Crippen LogP) is 4.97. The fourth-order valence-corrected chi connectivity index (χ4v) is 3.23. The molecule has 1 aromatic heterocycles. The van der Waals surface area contributed by atoms with Gasteiger partial charge >= 0.3 is 0 Å². The van der Waals surface area contributed by atoms with Crippen molar-refractivity contribution in [1.82, 2.24) is 0 Å². The van der Waals surface area contributed by atoms with E-state index < -0.39 is 10.8 Å². The van der Waals surface area contributed by atoms with Gasteiger partial charge in [-0.1, -0.05) is 29.3 Å². The summed E-state index contributed by atoms with van der Waals surface area (Å²) in [6.07, 6.45) is 1.87. The second-order valence-corrected chi connectivity index (χ2v) is 6.55. The molecule has 0 radical (unpaired) electrons. The van der Waals surface area contributed by atoms with E-state index in [9.17, 15) is 4.21 Å². The third-order valence-electron chi connectivity index (χ3n) is 2.25. The van der Waals surface area contributed by atoms with Crippen LogP contribution in [0, 0.1) is 0 Å². The third kappa shape index (κ3) is 3.95. The number of hydrogen-bond donors (Lipinski definition) is 0. The van der Waals surface area contributed by atoms with Crippen molar-refractivity contribution in [2.45, 2.75) is 5.75 Å². The van der Waals surface area contributed by atoms with Gasteiger partial charge in [-0.3, -0.25) is 4.21 Å². The summed E-state index contributed by atoms with van der Waals surface area (Å²) < 4.78 is 11.9. The first kappa shape index (κ1) is 13.8. The van der Waals surface area contributed by atoms with E-state index in [1.807, 2.05) is 29.0 Å². The van der Waals surface area contributed by atoms with Crippen LogP contribution in [0.4, 0.5) is 0 Å². The van der Waals surface area contributed by atoms with Crippen LogP contribution in [-0.2, 0) is 16.6 Å². The molecule has 1 aromatic carbocycles. The Kier molecular flexibility index (Phi) is 5.01. The Hall–Kier alpha value is -0.610. The van der Waals surface area contributed by atoms with Crippen molar-refractivity contribution in [2.24, 2.45) is 0 Å². The molecule has 1 unspecified atom stereocenters. The van der Waals surface area contributed by atoms with Gasteiger partial charge in [-0.15, -0.1) is 0 Å². The maximum atomic E-state index is 11.9. The molecule has 2 aromatic rings. The molecule has 18 heavy (non-hydrogen) atoms. The third-order valence-corrected chi connectivity index (χ3v) is 4.75. The van der Waals surface area contributed by atoms with Crippen molar-refractivity contribution in [2.75, 3.05) is 0 Å². The van der Waals surface area contributed by atoms with Crippen LogP contribution in [0.5, 0.6) is 0 Å². The van der Waals surface area contributed by atoms with E-state index in [-0.39, 0.29) is 0 Å². The van der Waals surface area contributed by atoms with Crippen molar-refractivity contribution >= 4 is 51.4 Å². The maximum Gasteiger partial charge on any atom is 0.0595 e. The average Bonchev–Trinajstić information content (AvgIpc) is 2.84. The van der Waals surface area contributed by atoms with Gasteiger partial charge in [-0.2, -0.15) is 11.3 Å². The monoisotopic (exact) mass is 316 g/mol. The van der Waals surface area contributed by atoms with E-state index in [4.69, 9.17) is 23.2 Å². The highest BCUT2D eigenvalue weighted by Crippen LogP contribution is 2.23. The Morgan fingerprint density at radius 1 is 1.22 bits per heavy atom. The van der Waals surface area contributed by atoms with E-state index in [1.54, 1.807) is 28.9 Å². The SMILES string of the molecule is O=S(C=Cc1ccsc1)Cc1ccc(Cl)c(Cl)c1. The van der Waals surface area contributed by atoms with Crippen molar-refractivity contribution in [1.29, 1.82) is 0 Å².